The maximum absolute atomic E-state index is 11.6. The number of rotatable bonds is 3. The van der Waals surface area contributed by atoms with Crippen molar-refractivity contribution in [2.24, 2.45) is 0 Å². The average Bonchev–Trinajstić information content (AvgIpc) is 2.56. The number of halogens is 1. The summed E-state index contributed by atoms with van der Waals surface area (Å²) in [6, 6.07) is 27.9. The molecule has 1 nitrogen and oxygen atoms in total. The van der Waals surface area contributed by atoms with Crippen LogP contribution in [0.5, 0.6) is 0 Å². The zero-order chi connectivity index (χ0) is 14.7. The molecule has 21 heavy (non-hydrogen) atoms. The molecule has 3 heteroatoms. The second-order valence-corrected chi connectivity index (χ2v) is 9.02. The SMILES string of the molecule is O[PH](c1ccccc1)(c1ccccc1)c1ccc(Br)cc1. The van der Waals surface area contributed by atoms with Crippen molar-refractivity contribution in [3.05, 3.63) is 89.4 Å². The summed E-state index contributed by atoms with van der Waals surface area (Å²) in [5, 5.41) is 2.99. The molecule has 0 bridgehead atoms. The Kier molecular flexibility index (Phi) is 4.21. The first-order valence-corrected chi connectivity index (χ1v) is 9.55. The molecule has 0 aliphatic rings. The Hall–Kier alpha value is -1.47. The molecular formula is C18H16BrOP. The van der Waals surface area contributed by atoms with E-state index in [4.69, 9.17) is 0 Å². The van der Waals surface area contributed by atoms with Gasteiger partial charge in [0.15, 0.2) is 0 Å². The number of hydrogen-bond donors (Lipinski definition) is 1. The van der Waals surface area contributed by atoms with E-state index in [-0.39, 0.29) is 0 Å². The first kappa shape index (κ1) is 14.5. The van der Waals surface area contributed by atoms with Crippen LogP contribution in [0.4, 0.5) is 0 Å². The predicted molar refractivity (Wildman–Crippen MR) is 96.5 cm³/mol. The van der Waals surface area contributed by atoms with E-state index >= 15 is 0 Å². The minimum absolute atomic E-state index is 0.989. The van der Waals surface area contributed by atoms with Crippen LogP contribution in [0.1, 0.15) is 0 Å². The van der Waals surface area contributed by atoms with Crippen molar-refractivity contribution in [1.29, 1.82) is 0 Å². The van der Waals surface area contributed by atoms with E-state index in [0.29, 0.717) is 0 Å². The molecule has 3 rings (SSSR count). The molecule has 0 aromatic heterocycles. The van der Waals surface area contributed by atoms with Crippen molar-refractivity contribution in [2.75, 3.05) is 0 Å². The number of hydrogen-bond acceptors (Lipinski definition) is 1. The molecule has 1 N–H and O–H groups in total. The molecule has 106 valence electrons. The summed E-state index contributed by atoms with van der Waals surface area (Å²) in [6.07, 6.45) is 0. The van der Waals surface area contributed by atoms with Crippen LogP contribution in [0, 0.1) is 0 Å². The van der Waals surface area contributed by atoms with Crippen LogP contribution >= 0.6 is 23.4 Å². The Bertz CT molecular complexity index is 672. The van der Waals surface area contributed by atoms with Crippen LogP contribution in [0.25, 0.3) is 0 Å². The van der Waals surface area contributed by atoms with Crippen molar-refractivity contribution < 1.29 is 4.89 Å². The molecule has 0 radical (unpaired) electrons. The van der Waals surface area contributed by atoms with Crippen molar-refractivity contribution >= 4 is 39.3 Å². The van der Waals surface area contributed by atoms with E-state index < -0.39 is 7.49 Å². The van der Waals surface area contributed by atoms with Gasteiger partial charge in [-0.3, -0.25) is 0 Å². The topological polar surface area (TPSA) is 20.2 Å². The Morgan fingerprint density at radius 1 is 0.571 bits per heavy atom. The van der Waals surface area contributed by atoms with Gasteiger partial charge >= 0.3 is 134 Å². The summed E-state index contributed by atoms with van der Waals surface area (Å²) in [5.41, 5.74) is 0. The van der Waals surface area contributed by atoms with E-state index in [1.165, 1.54) is 0 Å². The fraction of sp³-hybridized carbons (Fsp3) is 0. The van der Waals surface area contributed by atoms with E-state index in [9.17, 15) is 4.89 Å². The standard InChI is InChI=1S/C18H16BrOP/c19-15-11-13-18(14-12-15)21(20,16-7-3-1-4-8-16)17-9-5-2-6-10-17/h1-14,20-21H. The molecule has 0 aliphatic carbocycles. The van der Waals surface area contributed by atoms with E-state index in [2.05, 4.69) is 15.9 Å². The van der Waals surface area contributed by atoms with Gasteiger partial charge in [-0.2, -0.15) is 0 Å². The van der Waals surface area contributed by atoms with Gasteiger partial charge < -0.3 is 0 Å². The van der Waals surface area contributed by atoms with Crippen LogP contribution < -0.4 is 15.9 Å². The predicted octanol–water partition coefficient (Wildman–Crippen LogP) is 3.38. The third kappa shape index (κ3) is 2.80. The van der Waals surface area contributed by atoms with Gasteiger partial charge in [0.05, 0.1) is 0 Å². The van der Waals surface area contributed by atoms with Crippen molar-refractivity contribution in [3.8, 4) is 0 Å². The molecule has 0 atom stereocenters. The molecule has 0 unspecified atom stereocenters. The summed E-state index contributed by atoms with van der Waals surface area (Å²) in [6.45, 7) is 0. The van der Waals surface area contributed by atoms with Gasteiger partial charge in [0, 0.05) is 0 Å². The van der Waals surface area contributed by atoms with Crippen LogP contribution in [-0.4, -0.2) is 4.89 Å². The summed E-state index contributed by atoms with van der Waals surface area (Å²) in [4.78, 5) is 11.6. The molecule has 0 saturated heterocycles. The average molecular weight is 359 g/mol. The Balaban J connectivity index is 2.23. The normalized spacial score (nSPS) is 12.1. The van der Waals surface area contributed by atoms with Gasteiger partial charge in [-0.1, -0.05) is 0 Å². The van der Waals surface area contributed by atoms with Crippen LogP contribution in [-0.2, 0) is 0 Å². The van der Waals surface area contributed by atoms with Gasteiger partial charge in [0.2, 0.25) is 0 Å². The first-order chi connectivity index (χ1) is 10.2. The molecule has 0 heterocycles. The Morgan fingerprint density at radius 2 is 0.952 bits per heavy atom. The third-order valence-electron chi connectivity index (χ3n) is 3.65. The van der Waals surface area contributed by atoms with Gasteiger partial charge in [0.25, 0.3) is 0 Å². The fourth-order valence-corrected chi connectivity index (χ4v) is 5.81. The maximum atomic E-state index is 11.6. The molecule has 0 fully saturated rings. The molecule has 3 aromatic rings. The molecule has 0 amide bonds. The summed E-state index contributed by atoms with van der Waals surface area (Å²) >= 11 is 3.46. The zero-order valence-corrected chi connectivity index (χ0v) is 14.0. The first-order valence-electron chi connectivity index (χ1n) is 6.81. The minimum atomic E-state index is -2.92. The second-order valence-electron chi connectivity index (χ2n) is 4.95. The Morgan fingerprint density at radius 3 is 1.38 bits per heavy atom. The van der Waals surface area contributed by atoms with Crippen molar-refractivity contribution in [2.45, 2.75) is 0 Å². The Labute approximate surface area is 133 Å². The van der Waals surface area contributed by atoms with E-state index in [1.54, 1.807) is 0 Å². The number of benzene rings is 3. The third-order valence-corrected chi connectivity index (χ3v) is 7.68. The summed E-state index contributed by atoms with van der Waals surface area (Å²) in [7, 11) is -2.92. The van der Waals surface area contributed by atoms with Gasteiger partial charge in [-0.25, -0.2) is 0 Å². The molecule has 0 aliphatic heterocycles. The quantitative estimate of drug-likeness (QED) is 0.711. The zero-order valence-electron chi connectivity index (χ0n) is 11.4. The molecule has 0 saturated carbocycles. The van der Waals surface area contributed by atoms with E-state index in [1.807, 2.05) is 84.9 Å². The van der Waals surface area contributed by atoms with Gasteiger partial charge in [-0.15, -0.1) is 0 Å². The van der Waals surface area contributed by atoms with Crippen molar-refractivity contribution in [3.63, 3.8) is 0 Å². The summed E-state index contributed by atoms with van der Waals surface area (Å²) in [5.74, 6) is 0. The van der Waals surface area contributed by atoms with Gasteiger partial charge in [0.1, 0.15) is 0 Å². The van der Waals surface area contributed by atoms with Crippen LogP contribution in [0.15, 0.2) is 89.4 Å². The molecule has 3 aromatic carbocycles. The fourth-order valence-electron chi connectivity index (χ4n) is 2.55. The van der Waals surface area contributed by atoms with E-state index in [0.717, 1.165) is 20.4 Å². The molecule has 0 spiro atoms. The second kappa shape index (κ2) is 6.11. The summed E-state index contributed by atoms with van der Waals surface area (Å²) < 4.78 is 1.02. The van der Waals surface area contributed by atoms with Crippen molar-refractivity contribution in [1.82, 2.24) is 0 Å². The molecular weight excluding hydrogens is 343 g/mol. The monoisotopic (exact) mass is 358 g/mol. The van der Waals surface area contributed by atoms with Gasteiger partial charge in [-0.05, 0) is 0 Å². The van der Waals surface area contributed by atoms with Crippen LogP contribution in [0.2, 0.25) is 0 Å². The van der Waals surface area contributed by atoms with Crippen LogP contribution in [0.3, 0.4) is 0 Å².